The summed E-state index contributed by atoms with van der Waals surface area (Å²) in [7, 11) is 3.10. The molecule has 0 saturated heterocycles. The molecular formula is C21H19N2O5-. The van der Waals surface area contributed by atoms with E-state index in [1.54, 1.807) is 49.1 Å². The second-order valence-electron chi connectivity index (χ2n) is 5.99. The van der Waals surface area contributed by atoms with Crippen LogP contribution in [-0.2, 0) is 6.54 Å². The number of carboxylic acids is 1. The van der Waals surface area contributed by atoms with E-state index in [0.717, 1.165) is 5.56 Å². The lowest BCUT2D eigenvalue weighted by atomic mass is 10.1. The highest BCUT2D eigenvalue weighted by Crippen LogP contribution is 2.28. The van der Waals surface area contributed by atoms with Crippen LogP contribution in [0, 0.1) is 0 Å². The van der Waals surface area contributed by atoms with Gasteiger partial charge in [0.1, 0.15) is 5.69 Å². The first-order valence-electron chi connectivity index (χ1n) is 8.64. The zero-order chi connectivity index (χ0) is 20.3. The molecule has 0 spiro atoms. The Labute approximate surface area is 161 Å². The summed E-state index contributed by atoms with van der Waals surface area (Å²) in [5.41, 5.74) is 1.74. The van der Waals surface area contributed by atoms with Gasteiger partial charge in [-0.3, -0.25) is 4.79 Å². The van der Waals surface area contributed by atoms with Gasteiger partial charge < -0.3 is 23.9 Å². The first kappa shape index (κ1) is 19.2. The van der Waals surface area contributed by atoms with Crippen LogP contribution in [0.1, 0.15) is 28.5 Å². The maximum Gasteiger partial charge on any atom is 0.276 e. The first-order valence-corrected chi connectivity index (χ1v) is 8.64. The third-order valence-electron chi connectivity index (χ3n) is 4.36. The summed E-state index contributed by atoms with van der Waals surface area (Å²) in [6, 6.07) is 9.76. The normalized spacial score (nSPS) is 11.1. The number of ether oxygens (including phenoxy) is 2. The van der Waals surface area contributed by atoms with Crippen molar-refractivity contribution in [2.24, 2.45) is 0 Å². The molecule has 7 nitrogen and oxygen atoms in total. The molecule has 1 aromatic heterocycles. The number of carboxylic acid groups (broad SMARTS) is 1. The fourth-order valence-electron chi connectivity index (χ4n) is 2.95. The lowest BCUT2D eigenvalue weighted by Crippen LogP contribution is -2.25. The van der Waals surface area contributed by atoms with Gasteiger partial charge in [-0.15, -0.1) is 0 Å². The predicted octanol–water partition coefficient (Wildman–Crippen LogP) is 1.97. The molecular weight excluding hydrogens is 360 g/mol. The van der Waals surface area contributed by atoms with E-state index in [2.05, 4.69) is 4.98 Å². The van der Waals surface area contributed by atoms with E-state index < -0.39 is 5.97 Å². The van der Waals surface area contributed by atoms with Gasteiger partial charge in [-0.05, 0) is 48.4 Å². The number of aryl methyl sites for hydroxylation is 1. The fraction of sp³-hybridized carbons (Fsp3) is 0.190. The summed E-state index contributed by atoms with van der Waals surface area (Å²) >= 11 is 0. The number of methoxy groups -OCH3 is 2. The van der Waals surface area contributed by atoms with Gasteiger partial charge in [-0.2, -0.15) is 0 Å². The minimum Gasteiger partial charge on any atom is -0.545 e. The van der Waals surface area contributed by atoms with E-state index in [1.807, 2.05) is 13.0 Å². The minimum absolute atomic E-state index is 0.0103. The summed E-state index contributed by atoms with van der Waals surface area (Å²) in [5, 5.41) is 11.1. The monoisotopic (exact) mass is 379 g/mol. The standard InChI is InChI=1S/C21H20N2O5/c1-4-23-17-9-7-14(21(25)26)12-16(17)22-15(20(23)24)8-5-13-6-10-18(27-2)19(11-13)28-3/h5-12H,4H2,1-3H3,(H,25,26)/p-1/b8-5+. The lowest BCUT2D eigenvalue weighted by molar-refractivity contribution is -0.255. The SMILES string of the molecule is CCn1c(=O)c(/C=C/c2ccc(OC)c(OC)c2)nc2cc(C(=O)[O-])ccc21. The van der Waals surface area contributed by atoms with Crippen molar-refractivity contribution < 1.29 is 19.4 Å². The van der Waals surface area contributed by atoms with Crippen molar-refractivity contribution in [3.8, 4) is 11.5 Å². The smallest absolute Gasteiger partial charge is 0.276 e. The average Bonchev–Trinajstić information content (AvgIpc) is 2.71. The van der Waals surface area contributed by atoms with Crippen molar-refractivity contribution in [2.75, 3.05) is 14.2 Å². The number of aromatic carboxylic acids is 1. The number of carbonyl (C=O) groups is 1. The molecule has 144 valence electrons. The van der Waals surface area contributed by atoms with Crippen LogP contribution in [0.5, 0.6) is 11.5 Å². The van der Waals surface area contributed by atoms with Crippen LogP contribution in [0.3, 0.4) is 0 Å². The Morgan fingerprint density at radius 3 is 2.50 bits per heavy atom. The van der Waals surface area contributed by atoms with Gasteiger partial charge in [-0.25, -0.2) is 4.98 Å². The molecule has 0 radical (unpaired) electrons. The highest BCUT2D eigenvalue weighted by molar-refractivity contribution is 5.91. The maximum absolute atomic E-state index is 12.8. The molecule has 28 heavy (non-hydrogen) atoms. The van der Waals surface area contributed by atoms with Crippen molar-refractivity contribution in [1.82, 2.24) is 9.55 Å². The highest BCUT2D eigenvalue weighted by Gasteiger charge is 2.09. The molecule has 3 rings (SSSR count). The Bertz CT molecular complexity index is 1130. The van der Waals surface area contributed by atoms with E-state index in [0.29, 0.717) is 29.1 Å². The van der Waals surface area contributed by atoms with Crippen LogP contribution in [0.15, 0.2) is 41.2 Å². The summed E-state index contributed by atoms with van der Waals surface area (Å²) in [5.74, 6) is -0.118. The molecule has 1 heterocycles. The molecule has 0 unspecified atom stereocenters. The molecule has 0 saturated carbocycles. The van der Waals surface area contributed by atoms with Gasteiger partial charge in [0.15, 0.2) is 11.5 Å². The number of aromatic nitrogens is 2. The van der Waals surface area contributed by atoms with Crippen molar-refractivity contribution in [2.45, 2.75) is 13.5 Å². The number of carbonyl (C=O) groups excluding carboxylic acids is 1. The number of hydrogen-bond acceptors (Lipinski definition) is 6. The van der Waals surface area contributed by atoms with Gasteiger partial charge in [0.05, 0.1) is 31.2 Å². The van der Waals surface area contributed by atoms with Crippen molar-refractivity contribution in [1.29, 1.82) is 0 Å². The molecule has 0 bridgehead atoms. The summed E-state index contributed by atoms with van der Waals surface area (Å²) in [6.45, 7) is 2.27. The van der Waals surface area contributed by atoms with Crippen LogP contribution in [0.25, 0.3) is 23.2 Å². The third-order valence-corrected chi connectivity index (χ3v) is 4.36. The lowest BCUT2D eigenvalue weighted by Gasteiger charge is -2.11. The van der Waals surface area contributed by atoms with E-state index in [1.165, 1.54) is 12.1 Å². The van der Waals surface area contributed by atoms with Gasteiger partial charge >= 0.3 is 0 Å². The van der Waals surface area contributed by atoms with E-state index in [9.17, 15) is 14.7 Å². The quantitative estimate of drug-likeness (QED) is 0.650. The Balaban J connectivity index is 2.09. The Morgan fingerprint density at radius 2 is 1.86 bits per heavy atom. The fourth-order valence-corrected chi connectivity index (χ4v) is 2.95. The van der Waals surface area contributed by atoms with E-state index in [-0.39, 0.29) is 16.8 Å². The maximum atomic E-state index is 12.8. The van der Waals surface area contributed by atoms with Crippen LogP contribution in [0.4, 0.5) is 0 Å². The van der Waals surface area contributed by atoms with Gasteiger partial charge in [-0.1, -0.05) is 18.2 Å². The molecule has 0 N–H and O–H groups in total. The molecule has 3 aromatic rings. The molecule has 2 aromatic carbocycles. The van der Waals surface area contributed by atoms with Crippen molar-refractivity contribution in [3.63, 3.8) is 0 Å². The summed E-state index contributed by atoms with van der Waals surface area (Å²) in [4.78, 5) is 28.2. The average molecular weight is 379 g/mol. The predicted molar refractivity (Wildman–Crippen MR) is 104 cm³/mol. The van der Waals surface area contributed by atoms with Crippen LogP contribution in [-0.4, -0.2) is 29.7 Å². The molecule has 0 aliphatic heterocycles. The summed E-state index contributed by atoms with van der Waals surface area (Å²) < 4.78 is 12.0. The second kappa shape index (κ2) is 7.96. The largest absolute Gasteiger partial charge is 0.545 e. The minimum atomic E-state index is -1.29. The van der Waals surface area contributed by atoms with Crippen LogP contribution < -0.4 is 20.1 Å². The summed E-state index contributed by atoms with van der Waals surface area (Å²) in [6.07, 6.45) is 3.33. The van der Waals surface area contributed by atoms with E-state index >= 15 is 0 Å². The van der Waals surface area contributed by atoms with E-state index in [4.69, 9.17) is 9.47 Å². The molecule has 0 fully saturated rings. The topological polar surface area (TPSA) is 93.5 Å². The molecule has 0 amide bonds. The first-order chi connectivity index (χ1) is 13.5. The zero-order valence-corrected chi connectivity index (χ0v) is 15.8. The number of rotatable bonds is 6. The highest BCUT2D eigenvalue weighted by atomic mass is 16.5. The molecule has 0 aliphatic rings. The number of hydrogen-bond donors (Lipinski definition) is 0. The van der Waals surface area contributed by atoms with Gasteiger partial charge in [0, 0.05) is 6.54 Å². The number of fused-ring (bicyclic) bond motifs is 1. The zero-order valence-electron chi connectivity index (χ0n) is 15.8. The van der Waals surface area contributed by atoms with Crippen LogP contribution >= 0.6 is 0 Å². The number of benzene rings is 2. The Hall–Kier alpha value is -3.61. The Morgan fingerprint density at radius 1 is 1.11 bits per heavy atom. The van der Waals surface area contributed by atoms with Crippen molar-refractivity contribution >= 4 is 29.2 Å². The van der Waals surface area contributed by atoms with Crippen molar-refractivity contribution in [3.05, 3.63) is 63.6 Å². The van der Waals surface area contributed by atoms with Gasteiger partial charge in [0.2, 0.25) is 0 Å². The molecule has 7 heteroatoms. The third kappa shape index (κ3) is 3.59. The Kier molecular flexibility index (Phi) is 5.44. The second-order valence-corrected chi connectivity index (χ2v) is 5.99. The van der Waals surface area contributed by atoms with Crippen LogP contribution in [0.2, 0.25) is 0 Å². The van der Waals surface area contributed by atoms with Gasteiger partial charge in [0.25, 0.3) is 5.56 Å². The molecule has 0 atom stereocenters. The number of nitrogens with zero attached hydrogens (tertiary/aromatic N) is 2. The molecule has 0 aliphatic carbocycles.